The summed E-state index contributed by atoms with van der Waals surface area (Å²) in [4.78, 5) is 24.5. The third kappa shape index (κ3) is 4.60. The van der Waals surface area contributed by atoms with E-state index >= 15 is 0 Å². The highest BCUT2D eigenvalue weighted by Gasteiger charge is 2.28. The molecule has 0 unspecified atom stereocenters. The Labute approximate surface area is 179 Å². The molecule has 156 valence electrons. The van der Waals surface area contributed by atoms with Crippen molar-refractivity contribution in [1.82, 2.24) is 0 Å². The molecule has 0 bridgehead atoms. The topological polar surface area (TPSA) is 71.1 Å². The van der Waals surface area contributed by atoms with Gasteiger partial charge in [0.05, 0.1) is 28.4 Å². The van der Waals surface area contributed by atoms with E-state index in [2.05, 4.69) is 0 Å². The fourth-order valence-electron chi connectivity index (χ4n) is 3.33. The maximum absolute atomic E-state index is 12.2. The van der Waals surface area contributed by atoms with Crippen LogP contribution in [0, 0.1) is 0 Å². The molecular formula is C21H22Cl2O6. The first kappa shape index (κ1) is 22.8. The standard InChI is InChI=1S/C21H22Cl2O6/c1-6-13(14-7-11(22)9-16(18(14)26-2)20(24)28-4)15-8-12(23)10-17(19(15)27-3)21(25)29-5/h7-10,13H,6H2,1-5H3. The number of hydrogen-bond acceptors (Lipinski definition) is 6. The van der Waals surface area contributed by atoms with Gasteiger partial charge in [-0.25, -0.2) is 9.59 Å². The molecule has 2 rings (SSSR count). The minimum absolute atomic E-state index is 0.199. The van der Waals surface area contributed by atoms with Crippen LogP contribution < -0.4 is 9.47 Å². The summed E-state index contributed by atoms with van der Waals surface area (Å²) >= 11 is 12.6. The number of rotatable bonds is 7. The van der Waals surface area contributed by atoms with Gasteiger partial charge in [0, 0.05) is 27.1 Å². The summed E-state index contributed by atoms with van der Waals surface area (Å²) in [5.74, 6) is -0.837. The minimum Gasteiger partial charge on any atom is -0.496 e. The molecule has 0 radical (unpaired) electrons. The van der Waals surface area contributed by atoms with E-state index in [1.807, 2.05) is 6.92 Å². The average molecular weight is 441 g/mol. The van der Waals surface area contributed by atoms with Crippen LogP contribution in [0.5, 0.6) is 11.5 Å². The molecule has 0 fully saturated rings. The van der Waals surface area contributed by atoms with Crippen LogP contribution in [0.3, 0.4) is 0 Å². The lowest BCUT2D eigenvalue weighted by atomic mass is 9.85. The summed E-state index contributed by atoms with van der Waals surface area (Å²) < 4.78 is 20.8. The van der Waals surface area contributed by atoms with Crippen molar-refractivity contribution in [3.8, 4) is 11.5 Å². The van der Waals surface area contributed by atoms with E-state index in [0.29, 0.717) is 39.1 Å². The Morgan fingerprint density at radius 1 is 0.793 bits per heavy atom. The van der Waals surface area contributed by atoms with Gasteiger partial charge in [-0.1, -0.05) is 30.1 Å². The molecule has 0 N–H and O–H groups in total. The first-order valence-corrected chi connectivity index (χ1v) is 9.49. The minimum atomic E-state index is -0.575. The molecular weight excluding hydrogens is 419 g/mol. The van der Waals surface area contributed by atoms with Gasteiger partial charge in [-0.05, 0) is 30.7 Å². The van der Waals surface area contributed by atoms with Crippen molar-refractivity contribution in [3.63, 3.8) is 0 Å². The summed E-state index contributed by atoms with van der Waals surface area (Å²) in [5.41, 5.74) is 1.67. The second kappa shape index (κ2) is 9.85. The molecule has 29 heavy (non-hydrogen) atoms. The molecule has 0 aromatic heterocycles. The van der Waals surface area contributed by atoms with Crippen LogP contribution in [0.15, 0.2) is 24.3 Å². The van der Waals surface area contributed by atoms with Crippen LogP contribution in [0.1, 0.15) is 51.1 Å². The third-order valence-electron chi connectivity index (χ3n) is 4.54. The number of hydrogen-bond donors (Lipinski definition) is 0. The third-order valence-corrected chi connectivity index (χ3v) is 4.98. The van der Waals surface area contributed by atoms with E-state index in [0.717, 1.165) is 0 Å². The fraction of sp³-hybridized carbons (Fsp3) is 0.333. The van der Waals surface area contributed by atoms with Gasteiger partial charge in [-0.3, -0.25) is 0 Å². The molecule has 8 heteroatoms. The maximum atomic E-state index is 12.2. The molecule has 0 aliphatic carbocycles. The van der Waals surface area contributed by atoms with Crippen molar-refractivity contribution in [2.75, 3.05) is 28.4 Å². The molecule has 0 aliphatic heterocycles. The van der Waals surface area contributed by atoms with Crippen LogP contribution >= 0.6 is 23.2 Å². The number of carbonyl (C=O) groups is 2. The second-order valence-electron chi connectivity index (χ2n) is 6.10. The zero-order valence-corrected chi connectivity index (χ0v) is 18.3. The van der Waals surface area contributed by atoms with E-state index < -0.39 is 11.9 Å². The number of esters is 2. The molecule has 0 saturated carbocycles. The Bertz CT molecular complexity index is 852. The Morgan fingerprint density at radius 2 is 1.17 bits per heavy atom. The SMILES string of the molecule is CCC(c1cc(Cl)cc(C(=O)OC)c1OC)c1cc(Cl)cc(C(=O)OC)c1OC. The van der Waals surface area contributed by atoms with Crippen molar-refractivity contribution in [2.45, 2.75) is 19.3 Å². The van der Waals surface area contributed by atoms with Crippen LogP contribution in [0.25, 0.3) is 0 Å². The Morgan fingerprint density at radius 3 is 1.45 bits per heavy atom. The van der Waals surface area contributed by atoms with Crippen molar-refractivity contribution in [2.24, 2.45) is 0 Å². The first-order chi connectivity index (χ1) is 13.8. The Hall–Kier alpha value is -2.44. The highest BCUT2D eigenvalue weighted by Crippen LogP contribution is 2.43. The first-order valence-electron chi connectivity index (χ1n) is 8.74. The number of carbonyl (C=O) groups excluding carboxylic acids is 2. The quantitative estimate of drug-likeness (QED) is 0.555. The van der Waals surface area contributed by atoms with Gasteiger partial charge in [0.1, 0.15) is 22.6 Å². The summed E-state index contributed by atoms with van der Waals surface area (Å²) in [7, 11) is 5.48. The number of ether oxygens (including phenoxy) is 4. The van der Waals surface area contributed by atoms with Crippen molar-refractivity contribution >= 4 is 35.1 Å². The summed E-state index contributed by atoms with van der Waals surface area (Å²) in [6.07, 6.45) is 0.578. The smallest absolute Gasteiger partial charge is 0.341 e. The molecule has 0 heterocycles. The highest BCUT2D eigenvalue weighted by atomic mass is 35.5. The zero-order valence-electron chi connectivity index (χ0n) is 16.8. The van der Waals surface area contributed by atoms with Crippen LogP contribution in [0.4, 0.5) is 0 Å². The van der Waals surface area contributed by atoms with Crippen molar-refractivity contribution < 1.29 is 28.5 Å². The van der Waals surface area contributed by atoms with Gasteiger partial charge in [-0.15, -0.1) is 0 Å². The second-order valence-corrected chi connectivity index (χ2v) is 6.97. The van der Waals surface area contributed by atoms with Gasteiger partial charge in [0.15, 0.2) is 0 Å². The molecule has 2 aromatic carbocycles. The maximum Gasteiger partial charge on any atom is 0.341 e. The zero-order chi connectivity index (χ0) is 21.7. The average Bonchev–Trinajstić information content (AvgIpc) is 2.72. The van der Waals surface area contributed by atoms with E-state index in [-0.39, 0.29) is 17.0 Å². The Kier molecular flexibility index (Phi) is 7.76. The largest absolute Gasteiger partial charge is 0.496 e. The molecule has 0 atom stereocenters. The molecule has 0 saturated heterocycles. The van der Waals surface area contributed by atoms with E-state index in [1.54, 1.807) is 12.1 Å². The predicted molar refractivity (Wildman–Crippen MR) is 111 cm³/mol. The number of methoxy groups -OCH3 is 4. The lowest BCUT2D eigenvalue weighted by Crippen LogP contribution is -2.12. The highest BCUT2D eigenvalue weighted by molar-refractivity contribution is 6.31. The van der Waals surface area contributed by atoms with Gasteiger partial charge < -0.3 is 18.9 Å². The number of halogens is 2. The molecule has 2 aromatic rings. The van der Waals surface area contributed by atoms with E-state index in [1.165, 1.54) is 40.6 Å². The summed E-state index contributed by atoms with van der Waals surface area (Å²) in [5, 5.41) is 0.683. The summed E-state index contributed by atoms with van der Waals surface area (Å²) in [6, 6.07) is 6.38. The Balaban J connectivity index is 2.82. The van der Waals surface area contributed by atoms with Gasteiger partial charge in [0.25, 0.3) is 0 Å². The van der Waals surface area contributed by atoms with Crippen molar-refractivity contribution in [3.05, 3.63) is 56.6 Å². The van der Waals surface area contributed by atoms with Crippen LogP contribution in [0.2, 0.25) is 10.0 Å². The van der Waals surface area contributed by atoms with Crippen LogP contribution in [-0.2, 0) is 9.47 Å². The van der Waals surface area contributed by atoms with E-state index in [4.69, 9.17) is 42.1 Å². The fourth-order valence-corrected chi connectivity index (χ4v) is 3.79. The van der Waals surface area contributed by atoms with Gasteiger partial charge in [-0.2, -0.15) is 0 Å². The lowest BCUT2D eigenvalue weighted by molar-refractivity contribution is 0.0588. The van der Waals surface area contributed by atoms with Crippen molar-refractivity contribution in [1.29, 1.82) is 0 Å². The molecule has 0 spiro atoms. The number of benzene rings is 2. The molecule has 0 aliphatic rings. The molecule has 0 amide bonds. The van der Waals surface area contributed by atoms with E-state index in [9.17, 15) is 9.59 Å². The lowest BCUT2D eigenvalue weighted by Gasteiger charge is -2.24. The summed E-state index contributed by atoms with van der Waals surface area (Å²) in [6.45, 7) is 1.95. The normalized spacial score (nSPS) is 10.6. The monoisotopic (exact) mass is 440 g/mol. The van der Waals surface area contributed by atoms with Crippen LogP contribution in [-0.4, -0.2) is 40.4 Å². The van der Waals surface area contributed by atoms with Gasteiger partial charge >= 0.3 is 11.9 Å². The molecule has 6 nitrogen and oxygen atoms in total. The predicted octanol–water partition coefficient (Wildman–Crippen LogP) is 5.13. The van der Waals surface area contributed by atoms with Gasteiger partial charge in [0.2, 0.25) is 0 Å².